The standard InChI is InChI=1S/2C20H18N4O2/c1-20(2)15-6-3-13(11-16(15)24(19(20)25)14-4-5-14)17-22-18(26-23-17)12-7-9-21-10-8-12;1-20(2)15-6-3-13(11-16(15)24(19(20)25)14-4-5-14)18-22-17(23-26-18)12-7-9-21-10-8-12/h2*3,6-11,14H,4-5H2,1-2H3. The van der Waals surface area contributed by atoms with Crippen molar-refractivity contribution in [3.05, 3.63) is 96.6 Å². The molecule has 0 bridgehead atoms. The molecular weight excluding hydrogens is 656 g/mol. The van der Waals surface area contributed by atoms with E-state index in [1.165, 1.54) is 0 Å². The third-order valence-corrected chi connectivity index (χ3v) is 10.4. The molecular formula is C40H36N8O4. The van der Waals surface area contributed by atoms with E-state index < -0.39 is 10.8 Å². The molecule has 2 aliphatic carbocycles. The van der Waals surface area contributed by atoms with Gasteiger partial charge >= 0.3 is 0 Å². The Morgan fingerprint density at radius 1 is 0.558 bits per heavy atom. The van der Waals surface area contributed by atoms with E-state index in [1.54, 1.807) is 24.8 Å². The second kappa shape index (κ2) is 11.8. The Labute approximate surface area is 299 Å². The second-order valence-corrected chi connectivity index (χ2v) is 14.8. The fourth-order valence-electron chi connectivity index (χ4n) is 7.14. The van der Waals surface area contributed by atoms with Crippen molar-refractivity contribution in [2.24, 2.45) is 0 Å². The van der Waals surface area contributed by atoms with Gasteiger partial charge in [0.05, 0.1) is 10.8 Å². The van der Waals surface area contributed by atoms with Crippen LogP contribution in [0.2, 0.25) is 0 Å². The van der Waals surface area contributed by atoms with Crippen LogP contribution >= 0.6 is 0 Å². The molecule has 52 heavy (non-hydrogen) atoms. The zero-order valence-corrected chi connectivity index (χ0v) is 29.3. The molecule has 0 spiro atoms. The summed E-state index contributed by atoms with van der Waals surface area (Å²) in [6.07, 6.45) is 11.0. The Kier molecular flexibility index (Phi) is 7.21. The SMILES string of the molecule is CC1(C)C(=O)N(C2CC2)c2cc(-c3nc(-c4ccncc4)no3)ccc21.CC1(C)C(=O)N(C2CC2)c2cc(-c3noc(-c4ccncc4)n3)ccc21. The van der Waals surface area contributed by atoms with Crippen molar-refractivity contribution < 1.29 is 18.6 Å². The summed E-state index contributed by atoms with van der Waals surface area (Å²) >= 11 is 0. The number of hydrogen-bond donors (Lipinski definition) is 0. The van der Waals surface area contributed by atoms with Crippen LogP contribution in [-0.4, -0.2) is 54.1 Å². The maximum absolute atomic E-state index is 12.9. The molecule has 0 radical (unpaired) electrons. The van der Waals surface area contributed by atoms with Gasteiger partial charge in [-0.3, -0.25) is 19.6 Å². The summed E-state index contributed by atoms with van der Waals surface area (Å²) in [6.45, 7) is 7.97. The topological polar surface area (TPSA) is 144 Å². The third-order valence-electron chi connectivity index (χ3n) is 10.4. The molecule has 260 valence electrons. The Morgan fingerprint density at radius 2 is 0.981 bits per heavy atom. The van der Waals surface area contributed by atoms with E-state index in [9.17, 15) is 9.59 Å². The smallest absolute Gasteiger partial charge is 0.258 e. The first-order valence-corrected chi connectivity index (χ1v) is 17.6. The lowest BCUT2D eigenvalue weighted by atomic mass is 9.86. The van der Waals surface area contributed by atoms with Gasteiger partial charge in [-0.2, -0.15) is 9.97 Å². The van der Waals surface area contributed by atoms with Crippen LogP contribution in [0.1, 0.15) is 64.5 Å². The van der Waals surface area contributed by atoms with E-state index >= 15 is 0 Å². The van der Waals surface area contributed by atoms with Crippen molar-refractivity contribution in [1.29, 1.82) is 0 Å². The summed E-state index contributed by atoms with van der Waals surface area (Å²) in [6, 6.07) is 20.0. The zero-order chi connectivity index (χ0) is 35.8. The minimum Gasteiger partial charge on any atom is -0.334 e. The van der Waals surface area contributed by atoms with Gasteiger partial charge in [-0.25, -0.2) is 0 Å². The quantitative estimate of drug-likeness (QED) is 0.176. The summed E-state index contributed by atoms with van der Waals surface area (Å²) in [4.78, 5) is 46.7. The number of hydrogen-bond acceptors (Lipinski definition) is 10. The van der Waals surface area contributed by atoms with Crippen LogP contribution in [0.15, 0.2) is 94.5 Å². The van der Waals surface area contributed by atoms with Gasteiger partial charge < -0.3 is 18.8 Å². The molecule has 0 atom stereocenters. The van der Waals surface area contributed by atoms with Crippen molar-refractivity contribution in [3.63, 3.8) is 0 Å². The lowest BCUT2D eigenvalue weighted by Gasteiger charge is -2.19. The number of rotatable bonds is 6. The number of carbonyl (C=O) groups excluding carboxylic acids is 2. The lowest BCUT2D eigenvalue weighted by Crippen LogP contribution is -2.37. The van der Waals surface area contributed by atoms with Gasteiger partial charge in [-0.05, 0) is 107 Å². The van der Waals surface area contributed by atoms with Gasteiger partial charge in [0.1, 0.15) is 0 Å². The maximum atomic E-state index is 12.9. The maximum Gasteiger partial charge on any atom is 0.258 e. The van der Waals surface area contributed by atoms with E-state index in [0.29, 0.717) is 35.5 Å². The average Bonchev–Trinajstić information content (AvgIpc) is 4.04. The molecule has 10 rings (SSSR count). The molecule has 2 aromatic carbocycles. The van der Waals surface area contributed by atoms with Crippen LogP contribution in [0.3, 0.4) is 0 Å². The van der Waals surface area contributed by atoms with Crippen LogP contribution in [0.4, 0.5) is 11.4 Å². The van der Waals surface area contributed by atoms with Crippen LogP contribution in [0.5, 0.6) is 0 Å². The number of pyridine rings is 2. The van der Waals surface area contributed by atoms with Gasteiger partial charge in [-0.1, -0.05) is 28.5 Å². The molecule has 12 heteroatoms. The molecule has 4 aliphatic rings. The number of carbonyl (C=O) groups is 2. The molecule has 0 N–H and O–H groups in total. The normalized spacial score (nSPS) is 18.2. The summed E-state index contributed by atoms with van der Waals surface area (Å²) in [5.74, 6) is 2.31. The number of nitrogens with zero attached hydrogens (tertiary/aromatic N) is 8. The molecule has 6 heterocycles. The lowest BCUT2D eigenvalue weighted by molar-refractivity contribution is -0.122. The monoisotopic (exact) mass is 692 g/mol. The highest BCUT2D eigenvalue weighted by Gasteiger charge is 2.50. The first-order chi connectivity index (χ1) is 25.1. The average molecular weight is 693 g/mol. The molecule has 2 amide bonds. The molecule has 0 saturated heterocycles. The molecule has 2 fully saturated rings. The summed E-state index contributed by atoms with van der Waals surface area (Å²) < 4.78 is 10.9. The minimum atomic E-state index is -0.493. The molecule has 6 aromatic rings. The van der Waals surface area contributed by atoms with E-state index in [-0.39, 0.29) is 11.8 Å². The molecule has 12 nitrogen and oxygen atoms in total. The third kappa shape index (κ3) is 5.28. The number of fused-ring (bicyclic) bond motifs is 2. The van der Waals surface area contributed by atoms with Crippen molar-refractivity contribution in [1.82, 2.24) is 30.2 Å². The van der Waals surface area contributed by atoms with E-state index in [1.807, 2.05) is 98.2 Å². The zero-order valence-electron chi connectivity index (χ0n) is 29.3. The van der Waals surface area contributed by atoms with Crippen LogP contribution in [0, 0.1) is 0 Å². The van der Waals surface area contributed by atoms with E-state index in [2.05, 4.69) is 30.2 Å². The predicted octanol–water partition coefficient (Wildman–Crippen LogP) is 7.17. The number of benzene rings is 2. The first kappa shape index (κ1) is 31.9. The largest absolute Gasteiger partial charge is 0.334 e. The molecule has 0 unspecified atom stereocenters. The van der Waals surface area contributed by atoms with Crippen LogP contribution in [-0.2, 0) is 20.4 Å². The summed E-state index contributed by atoms with van der Waals surface area (Å²) in [5.41, 5.74) is 6.46. The van der Waals surface area contributed by atoms with E-state index in [0.717, 1.165) is 70.4 Å². The van der Waals surface area contributed by atoms with Crippen LogP contribution < -0.4 is 9.80 Å². The second-order valence-electron chi connectivity index (χ2n) is 14.8. The highest BCUT2D eigenvalue weighted by molar-refractivity contribution is 6.09. The number of amides is 2. The Bertz CT molecular complexity index is 2180. The van der Waals surface area contributed by atoms with E-state index in [4.69, 9.17) is 9.05 Å². The van der Waals surface area contributed by atoms with Gasteiger partial charge in [0.2, 0.25) is 23.5 Å². The Morgan fingerprint density at radius 3 is 1.48 bits per heavy atom. The highest BCUT2D eigenvalue weighted by Crippen LogP contribution is 2.49. The van der Waals surface area contributed by atoms with Crippen molar-refractivity contribution in [3.8, 4) is 45.7 Å². The fraction of sp³-hybridized carbons (Fsp3) is 0.300. The van der Waals surface area contributed by atoms with Gasteiger partial charge in [0.25, 0.3) is 11.8 Å². The minimum absolute atomic E-state index is 0.176. The van der Waals surface area contributed by atoms with Gasteiger partial charge in [0.15, 0.2) is 0 Å². The molecule has 4 aromatic heterocycles. The highest BCUT2D eigenvalue weighted by atomic mass is 16.5. The summed E-state index contributed by atoms with van der Waals surface area (Å²) in [5, 5.41) is 8.19. The predicted molar refractivity (Wildman–Crippen MR) is 193 cm³/mol. The summed E-state index contributed by atoms with van der Waals surface area (Å²) in [7, 11) is 0. The molecule has 2 aliphatic heterocycles. The number of aromatic nitrogens is 6. The van der Waals surface area contributed by atoms with Crippen molar-refractivity contribution >= 4 is 23.2 Å². The van der Waals surface area contributed by atoms with Gasteiger partial charge in [-0.15, -0.1) is 0 Å². The fourth-order valence-corrected chi connectivity index (χ4v) is 7.14. The molecule has 2 saturated carbocycles. The van der Waals surface area contributed by atoms with Crippen molar-refractivity contribution in [2.75, 3.05) is 9.80 Å². The Hall–Kier alpha value is -6.04. The first-order valence-electron chi connectivity index (χ1n) is 17.6. The van der Waals surface area contributed by atoms with Crippen molar-refractivity contribution in [2.45, 2.75) is 76.3 Å². The van der Waals surface area contributed by atoms with Gasteiger partial charge in [0, 0.05) is 70.5 Å². The van der Waals surface area contributed by atoms with Crippen LogP contribution in [0.25, 0.3) is 45.7 Å². The number of anilines is 2. The Balaban J connectivity index is 0.000000138.